The number of rotatable bonds is 9. The number of hydrazone groups is 1. The van der Waals surface area contributed by atoms with Gasteiger partial charge in [0.05, 0.1) is 6.21 Å². The van der Waals surface area contributed by atoms with Crippen LogP contribution in [0.3, 0.4) is 0 Å². The number of hydrogen-bond acceptors (Lipinski definition) is 4. The molecule has 0 radical (unpaired) electrons. The van der Waals surface area contributed by atoms with E-state index in [4.69, 9.17) is 9.47 Å². The summed E-state index contributed by atoms with van der Waals surface area (Å²) in [6.07, 6.45) is 1.57. The molecule has 3 aromatic rings. The minimum atomic E-state index is -0.323. The highest BCUT2D eigenvalue weighted by atomic mass is 16.5. The van der Waals surface area contributed by atoms with Gasteiger partial charge in [0.2, 0.25) is 0 Å². The molecule has 0 spiro atoms. The van der Waals surface area contributed by atoms with Gasteiger partial charge in [-0.05, 0) is 46.9 Å². The summed E-state index contributed by atoms with van der Waals surface area (Å²) in [6, 6.07) is 25.2. The second-order valence-electron chi connectivity index (χ2n) is 7.15. The minimum Gasteiger partial charge on any atom is -0.489 e. The molecule has 0 fully saturated rings. The molecule has 0 aliphatic carbocycles. The highest BCUT2D eigenvalue weighted by Gasteiger charge is 2.03. The number of hydrogen-bond donors (Lipinski definition) is 1. The van der Waals surface area contributed by atoms with E-state index in [9.17, 15) is 4.79 Å². The van der Waals surface area contributed by atoms with Gasteiger partial charge in [0.15, 0.2) is 6.61 Å². The van der Waals surface area contributed by atoms with E-state index in [0.29, 0.717) is 18.3 Å². The van der Waals surface area contributed by atoms with E-state index < -0.39 is 0 Å². The summed E-state index contributed by atoms with van der Waals surface area (Å²) in [4.78, 5) is 11.9. The van der Waals surface area contributed by atoms with E-state index in [1.807, 2.05) is 78.9 Å². The fraction of sp³-hybridized carbons (Fsp3) is 0.200. The number of carbonyl (C=O) groups is 1. The number of amides is 1. The SMILES string of the molecule is CC(C)c1ccc(OCC(=O)N/N=C\c2cccc(OCc3ccccc3)c2)cc1. The fourth-order valence-electron chi connectivity index (χ4n) is 2.73. The maximum atomic E-state index is 11.9. The first-order valence-electron chi connectivity index (χ1n) is 9.91. The Labute approximate surface area is 177 Å². The molecular formula is C25H26N2O3. The first-order valence-corrected chi connectivity index (χ1v) is 9.91. The molecule has 30 heavy (non-hydrogen) atoms. The topological polar surface area (TPSA) is 59.9 Å². The number of carbonyl (C=O) groups excluding carboxylic acids is 1. The van der Waals surface area contributed by atoms with Crippen molar-refractivity contribution in [3.05, 3.63) is 95.6 Å². The maximum Gasteiger partial charge on any atom is 0.277 e. The van der Waals surface area contributed by atoms with Gasteiger partial charge in [-0.1, -0.05) is 68.4 Å². The van der Waals surface area contributed by atoms with Crippen molar-refractivity contribution in [2.45, 2.75) is 26.4 Å². The smallest absolute Gasteiger partial charge is 0.277 e. The number of nitrogens with one attached hydrogen (secondary N) is 1. The lowest BCUT2D eigenvalue weighted by atomic mass is 10.0. The summed E-state index contributed by atoms with van der Waals surface area (Å²) in [5.41, 5.74) is 5.63. The third kappa shape index (κ3) is 6.78. The van der Waals surface area contributed by atoms with E-state index in [-0.39, 0.29) is 12.5 Å². The maximum absolute atomic E-state index is 11.9. The Bertz CT molecular complexity index is 967. The largest absolute Gasteiger partial charge is 0.489 e. The molecule has 0 aromatic heterocycles. The zero-order chi connectivity index (χ0) is 21.2. The van der Waals surface area contributed by atoms with Crippen molar-refractivity contribution in [1.29, 1.82) is 0 Å². The first kappa shape index (κ1) is 21.1. The molecule has 5 heteroatoms. The summed E-state index contributed by atoms with van der Waals surface area (Å²) < 4.78 is 11.3. The van der Waals surface area contributed by atoms with Gasteiger partial charge in [0, 0.05) is 0 Å². The third-order valence-electron chi connectivity index (χ3n) is 4.43. The van der Waals surface area contributed by atoms with Gasteiger partial charge < -0.3 is 9.47 Å². The zero-order valence-corrected chi connectivity index (χ0v) is 17.2. The van der Waals surface area contributed by atoms with Crippen LogP contribution < -0.4 is 14.9 Å². The van der Waals surface area contributed by atoms with Gasteiger partial charge in [-0.3, -0.25) is 4.79 Å². The van der Waals surface area contributed by atoms with E-state index in [2.05, 4.69) is 24.4 Å². The molecule has 5 nitrogen and oxygen atoms in total. The molecule has 1 N–H and O–H groups in total. The first-order chi connectivity index (χ1) is 14.6. The Morgan fingerprint density at radius 1 is 0.933 bits per heavy atom. The van der Waals surface area contributed by atoms with Crippen LogP contribution in [0.5, 0.6) is 11.5 Å². The Hall–Kier alpha value is -3.60. The summed E-state index contributed by atoms with van der Waals surface area (Å²) in [5, 5.41) is 3.99. The van der Waals surface area contributed by atoms with Crippen LogP contribution in [-0.4, -0.2) is 18.7 Å². The Morgan fingerprint density at radius 3 is 2.43 bits per heavy atom. The van der Waals surface area contributed by atoms with E-state index in [0.717, 1.165) is 16.9 Å². The van der Waals surface area contributed by atoms with Gasteiger partial charge in [-0.2, -0.15) is 5.10 Å². The molecule has 0 unspecified atom stereocenters. The van der Waals surface area contributed by atoms with Crippen LogP contribution in [0.15, 0.2) is 84.0 Å². The van der Waals surface area contributed by atoms with Crippen molar-refractivity contribution < 1.29 is 14.3 Å². The molecule has 0 saturated heterocycles. The van der Waals surface area contributed by atoms with E-state index >= 15 is 0 Å². The van der Waals surface area contributed by atoms with Crippen LogP contribution in [0.25, 0.3) is 0 Å². The molecule has 0 bridgehead atoms. The van der Waals surface area contributed by atoms with Gasteiger partial charge in [-0.15, -0.1) is 0 Å². The number of ether oxygens (including phenoxy) is 2. The van der Waals surface area contributed by atoms with Crippen LogP contribution >= 0.6 is 0 Å². The van der Waals surface area contributed by atoms with Crippen molar-refractivity contribution in [3.63, 3.8) is 0 Å². The summed E-state index contributed by atoms with van der Waals surface area (Å²) in [5.74, 6) is 1.53. The molecule has 0 aliphatic heterocycles. The quantitative estimate of drug-likeness (QED) is 0.408. The third-order valence-corrected chi connectivity index (χ3v) is 4.43. The standard InChI is InChI=1S/C25H26N2O3/c1-19(2)22-11-13-23(14-12-22)30-18-25(28)27-26-16-21-9-6-10-24(15-21)29-17-20-7-4-3-5-8-20/h3-16,19H,17-18H2,1-2H3,(H,27,28)/b26-16-. The number of benzene rings is 3. The van der Waals surface area contributed by atoms with Crippen molar-refractivity contribution in [3.8, 4) is 11.5 Å². The van der Waals surface area contributed by atoms with E-state index in [1.165, 1.54) is 5.56 Å². The minimum absolute atomic E-state index is 0.0986. The molecule has 154 valence electrons. The van der Waals surface area contributed by atoms with Crippen molar-refractivity contribution >= 4 is 12.1 Å². The van der Waals surface area contributed by atoms with Crippen LogP contribution in [0.4, 0.5) is 0 Å². The fourth-order valence-corrected chi connectivity index (χ4v) is 2.73. The summed E-state index contributed by atoms with van der Waals surface area (Å²) in [7, 11) is 0. The van der Waals surface area contributed by atoms with Crippen LogP contribution in [0, 0.1) is 0 Å². The van der Waals surface area contributed by atoms with Crippen LogP contribution in [0.1, 0.15) is 36.5 Å². The van der Waals surface area contributed by atoms with E-state index in [1.54, 1.807) is 6.21 Å². The highest BCUT2D eigenvalue weighted by molar-refractivity contribution is 5.83. The molecular weight excluding hydrogens is 376 g/mol. The van der Waals surface area contributed by atoms with Crippen molar-refractivity contribution in [1.82, 2.24) is 5.43 Å². The van der Waals surface area contributed by atoms with Gasteiger partial charge in [-0.25, -0.2) is 5.43 Å². The molecule has 0 atom stereocenters. The molecule has 0 heterocycles. The Balaban J connectivity index is 1.44. The lowest BCUT2D eigenvalue weighted by Crippen LogP contribution is -2.24. The Kier molecular flexibility index (Phi) is 7.61. The average molecular weight is 402 g/mol. The number of nitrogens with zero attached hydrogens (tertiary/aromatic N) is 1. The zero-order valence-electron chi connectivity index (χ0n) is 17.2. The molecule has 3 aromatic carbocycles. The predicted molar refractivity (Wildman–Crippen MR) is 119 cm³/mol. The monoisotopic (exact) mass is 402 g/mol. The van der Waals surface area contributed by atoms with Gasteiger partial charge in [0.1, 0.15) is 18.1 Å². The summed E-state index contributed by atoms with van der Waals surface area (Å²) in [6.45, 7) is 4.66. The van der Waals surface area contributed by atoms with Crippen molar-refractivity contribution in [2.24, 2.45) is 5.10 Å². The van der Waals surface area contributed by atoms with Crippen LogP contribution in [-0.2, 0) is 11.4 Å². The molecule has 0 saturated carbocycles. The average Bonchev–Trinajstić information content (AvgIpc) is 2.77. The normalized spacial score (nSPS) is 10.9. The lowest BCUT2D eigenvalue weighted by Gasteiger charge is -2.08. The Morgan fingerprint density at radius 2 is 1.70 bits per heavy atom. The highest BCUT2D eigenvalue weighted by Crippen LogP contribution is 2.18. The lowest BCUT2D eigenvalue weighted by molar-refractivity contribution is -0.123. The van der Waals surface area contributed by atoms with Gasteiger partial charge in [0.25, 0.3) is 5.91 Å². The molecule has 1 amide bonds. The molecule has 3 rings (SSSR count). The van der Waals surface area contributed by atoms with Crippen molar-refractivity contribution in [2.75, 3.05) is 6.61 Å². The second kappa shape index (κ2) is 10.8. The second-order valence-corrected chi connectivity index (χ2v) is 7.15. The van der Waals surface area contributed by atoms with Gasteiger partial charge >= 0.3 is 0 Å². The predicted octanol–water partition coefficient (Wildman–Crippen LogP) is 4.92. The molecule has 0 aliphatic rings. The van der Waals surface area contributed by atoms with Crippen LogP contribution in [0.2, 0.25) is 0 Å². The summed E-state index contributed by atoms with van der Waals surface area (Å²) >= 11 is 0.